The lowest BCUT2D eigenvalue weighted by Gasteiger charge is -2.25. The fraction of sp³-hybridized carbons (Fsp3) is 0.846. The third-order valence-corrected chi connectivity index (χ3v) is 3.27. The molecule has 0 aliphatic carbocycles. The number of carboxylic acids is 2. The zero-order chi connectivity index (χ0) is 15.1. The Kier molecular flexibility index (Phi) is 7.63. The number of carbonyl (C=O) groups is 2. The Morgan fingerprint density at radius 3 is 1.42 bits per heavy atom. The predicted octanol–water partition coefficient (Wildman–Crippen LogP) is 1.24. The van der Waals surface area contributed by atoms with Gasteiger partial charge in [0, 0.05) is 0 Å². The fourth-order valence-electron chi connectivity index (χ4n) is 2.04. The predicted molar refractivity (Wildman–Crippen MR) is 68.8 cm³/mol. The monoisotopic (exact) mass is 276 g/mol. The Morgan fingerprint density at radius 2 is 1.21 bits per heavy atom. The van der Waals surface area contributed by atoms with Gasteiger partial charge in [-0.25, -0.2) is 0 Å². The molecule has 0 aromatic carbocycles. The highest BCUT2D eigenvalue weighted by Crippen LogP contribution is 2.32. The van der Waals surface area contributed by atoms with Gasteiger partial charge in [0.25, 0.3) is 0 Å². The zero-order valence-corrected chi connectivity index (χ0v) is 11.5. The second-order valence-electron chi connectivity index (χ2n) is 5.17. The average molecular weight is 276 g/mol. The van der Waals surface area contributed by atoms with Crippen molar-refractivity contribution >= 4 is 11.9 Å². The second kappa shape index (κ2) is 8.12. The highest BCUT2D eigenvalue weighted by atomic mass is 16.4. The first-order valence-corrected chi connectivity index (χ1v) is 6.55. The van der Waals surface area contributed by atoms with Gasteiger partial charge in [-0.3, -0.25) is 9.59 Å². The molecule has 0 aromatic rings. The number of aliphatic hydroxyl groups excluding tert-OH is 2. The minimum absolute atomic E-state index is 0.0115. The molecular weight excluding hydrogens is 252 g/mol. The Morgan fingerprint density at radius 1 is 0.895 bits per heavy atom. The molecule has 0 heterocycles. The van der Waals surface area contributed by atoms with Crippen LogP contribution in [0.1, 0.15) is 52.4 Å². The molecule has 0 saturated heterocycles. The van der Waals surface area contributed by atoms with Gasteiger partial charge in [-0.1, -0.05) is 0 Å². The van der Waals surface area contributed by atoms with E-state index in [0.717, 1.165) is 0 Å². The van der Waals surface area contributed by atoms with E-state index < -0.39 is 29.6 Å². The number of aliphatic carboxylic acids is 2. The molecule has 0 fully saturated rings. The lowest BCUT2D eigenvalue weighted by atomic mass is 9.78. The van der Waals surface area contributed by atoms with E-state index in [4.69, 9.17) is 10.2 Å². The molecule has 0 aromatic heterocycles. The maximum Gasteiger partial charge on any atom is 0.321 e. The van der Waals surface area contributed by atoms with Crippen LogP contribution in [0, 0.1) is 5.41 Å². The molecule has 2 unspecified atom stereocenters. The Bertz CT molecular complexity index is 268. The van der Waals surface area contributed by atoms with Crippen molar-refractivity contribution < 1.29 is 30.0 Å². The minimum atomic E-state index is -1.82. The van der Waals surface area contributed by atoms with E-state index in [0.29, 0.717) is 25.7 Å². The summed E-state index contributed by atoms with van der Waals surface area (Å²) in [5, 5.41) is 36.7. The number of hydrogen-bond acceptors (Lipinski definition) is 4. The topological polar surface area (TPSA) is 115 Å². The van der Waals surface area contributed by atoms with Crippen molar-refractivity contribution in [1.82, 2.24) is 0 Å². The average Bonchev–Trinajstić information content (AvgIpc) is 2.25. The summed E-state index contributed by atoms with van der Waals surface area (Å²) in [4.78, 5) is 22.6. The summed E-state index contributed by atoms with van der Waals surface area (Å²) in [7, 11) is 0. The molecular formula is C13H24O6. The number of carboxylic acid groups (broad SMARTS) is 2. The molecule has 0 spiro atoms. The van der Waals surface area contributed by atoms with Crippen molar-refractivity contribution in [2.75, 3.05) is 0 Å². The van der Waals surface area contributed by atoms with E-state index in [2.05, 4.69) is 0 Å². The van der Waals surface area contributed by atoms with Crippen LogP contribution in [0.15, 0.2) is 0 Å². The summed E-state index contributed by atoms with van der Waals surface area (Å²) in [6.07, 6.45) is 0.258. The fourth-order valence-corrected chi connectivity index (χ4v) is 2.04. The first-order valence-electron chi connectivity index (χ1n) is 6.55. The van der Waals surface area contributed by atoms with E-state index in [1.54, 1.807) is 13.8 Å². The highest BCUT2D eigenvalue weighted by Gasteiger charge is 2.45. The normalized spacial score (nSPS) is 14.9. The van der Waals surface area contributed by atoms with Gasteiger partial charge in [0.15, 0.2) is 5.41 Å². The maximum atomic E-state index is 11.3. The van der Waals surface area contributed by atoms with Crippen molar-refractivity contribution in [3.05, 3.63) is 0 Å². The van der Waals surface area contributed by atoms with Gasteiger partial charge in [0.05, 0.1) is 12.2 Å². The Hall–Kier alpha value is -1.14. The van der Waals surface area contributed by atoms with E-state index >= 15 is 0 Å². The van der Waals surface area contributed by atoms with Gasteiger partial charge in [-0.15, -0.1) is 0 Å². The van der Waals surface area contributed by atoms with Crippen molar-refractivity contribution in [2.45, 2.75) is 64.6 Å². The number of hydrogen-bond donors (Lipinski definition) is 4. The molecule has 6 heteroatoms. The first kappa shape index (κ1) is 17.9. The van der Waals surface area contributed by atoms with Crippen molar-refractivity contribution in [1.29, 1.82) is 0 Å². The van der Waals surface area contributed by atoms with Gasteiger partial charge in [-0.05, 0) is 52.4 Å². The standard InChI is InChI=1S/C13H24O6/c1-9(14)5-3-7-13(11(16)17,12(18)19)8-4-6-10(2)15/h9-10,14-15H,3-8H2,1-2H3,(H,16,17)(H,18,19). The third-order valence-electron chi connectivity index (χ3n) is 3.27. The lowest BCUT2D eigenvalue weighted by molar-refractivity contribution is -0.166. The van der Waals surface area contributed by atoms with Crippen LogP contribution >= 0.6 is 0 Å². The van der Waals surface area contributed by atoms with Gasteiger partial charge in [-0.2, -0.15) is 0 Å². The molecule has 0 rings (SSSR count). The van der Waals surface area contributed by atoms with Gasteiger partial charge in [0.2, 0.25) is 0 Å². The molecule has 6 nitrogen and oxygen atoms in total. The Labute approximate surface area is 113 Å². The quantitative estimate of drug-likeness (QED) is 0.446. The van der Waals surface area contributed by atoms with Gasteiger partial charge < -0.3 is 20.4 Å². The van der Waals surface area contributed by atoms with Crippen LogP contribution in [-0.4, -0.2) is 44.6 Å². The SMILES string of the molecule is CC(O)CCCC(CCCC(C)O)(C(=O)O)C(=O)O. The van der Waals surface area contributed by atoms with Crippen LogP contribution in [0.4, 0.5) is 0 Å². The molecule has 0 bridgehead atoms. The molecule has 4 N–H and O–H groups in total. The molecule has 0 aliphatic rings. The molecule has 0 amide bonds. The van der Waals surface area contributed by atoms with E-state index in [9.17, 15) is 19.8 Å². The molecule has 2 atom stereocenters. The Balaban J connectivity index is 4.69. The molecule has 112 valence electrons. The summed E-state index contributed by atoms with van der Waals surface area (Å²) < 4.78 is 0. The van der Waals surface area contributed by atoms with Crippen molar-refractivity contribution in [2.24, 2.45) is 5.41 Å². The smallest absolute Gasteiger partial charge is 0.321 e. The number of aliphatic hydroxyl groups is 2. The second-order valence-corrected chi connectivity index (χ2v) is 5.17. The zero-order valence-electron chi connectivity index (χ0n) is 11.5. The molecule has 0 aliphatic heterocycles. The minimum Gasteiger partial charge on any atom is -0.480 e. The van der Waals surface area contributed by atoms with E-state index in [1.807, 2.05) is 0 Å². The van der Waals surface area contributed by atoms with Crippen LogP contribution < -0.4 is 0 Å². The summed E-state index contributed by atoms with van der Waals surface area (Å²) in [5.41, 5.74) is -1.82. The van der Waals surface area contributed by atoms with Crippen LogP contribution in [0.2, 0.25) is 0 Å². The summed E-state index contributed by atoms with van der Waals surface area (Å²) in [5.74, 6) is -2.70. The van der Waals surface area contributed by atoms with Crippen molar-refractivity contribution in [3.8, 4) is 0 Å². The van der Waals surface area contributed by atoms with Crippen LogP contribution in [-0.2, 0) is 9.59 Å². The summed E-state index contributed by atoms with van der Waals surface area (Å²) >= 11 is 0. The van der Waals surface area contributed by atoms with Crippen LogP contribution in [0.25, 0.3) is 0 Å². The highest BCUT2D eigenvalue weighted by molar-refractivity contribution is 5.98. The van der Waals surface area contributed by atoms with Crippen LogP contribution in [0.3, 0.4) is 0 Å². The summed E-state index contributed by atoms with van der Waals surface area (Å²) in [6.45, 7) is 3.16. The number of rotatable bonds is 10. The largest absolute Gasteiger partial charge is 0.480 e. The first-order chi connectivity index (χ1) is 8.72. The third kappa shape index (κ3) is 6.02. The van der Waals surface area contributed by atoms with Crippen molar-refractivity contribution in [3.63, 3.8) is 0 Å². The van der Waals surface area contributed by atoms with E-state index in [-0.39, 0.29) is 12.8 Å². The molecule has 0 saturated carbocycles. The lowest BCUT2D eigenvalue weighted by Crippen LogP contribution is -2.39. The van der Waals surface area contributed by atoms with Gasteiger partial charge >= 0.3 is 11.9 Å². The molecule has 0 radical (unpaired) electrons. The maximum absolute atomic E-state index is 11.3. The van der Waals surface area contributed by atoms with E-state index in [1.165, 1.54) is 0 Å². The summed E-state index contributed by atoms with van der Waals surface area (Å²) in [6, 6.07) is 0. The van der Waals surface area contributed by atoms with Crippen LogP contribution in [0.5, 0.6) is 0 Å². The van der Waals surface area contributed by atoms with Gasteiger partial charge in [0.1, 0.15) is 0 Å². The molecule has 19 heavy (non-hydrogen) atoms.